The van der Waals surface area contributed by atoms with Crippen molar-refractivity contribution in [2.75, 3.05) is 6.54 Å². The van der Waals surface area contributed by atoms with Crippen molar-refractivity contribution in [3.8, 4) is 0 Å². The Morgan fingerprint density at radius 2 is 2.06 bits per heavy atom. The number of nitrogens with zero attached hydrogens (tertiary/aromatic N) is 2. The average Bonchev–Trinajstić information content (AvgIpc) is 3.32. The summed E-state index contributed by atoms with van der Waals surface area (Å²) in [5.74, 6) is -0.374. The largest absolute Gasteiger partial charge is 0.468 e. The number of ketones is 1. The van der Waals surface area contributed by atoms with Crippen LogP contribution in [-0.4, -0.2) is 34.0 Å². The van der Waals surface area contributed by atoms with E-state index in [-0.39, 0.29) is 24.1 Å². The highest BCUT2D eigenvalue weighted by Crippen LogP contribution is 2.30. The molecule has 8 heteroatoms. The number of pyridine rings is 1. The number of hydrogen-bond acceptors (Lipinski definition) is 5. The van der Waals surface area contributed by atoms with Gasteiger partial charge in [-0.1, -0.05) is 18.2 Å². The Hall–Kier alpha value is -4.07. The molecule has 2 aromatic heterocycles. The predicted molar refractivity (Wildman–Crippen MR) is 131 cm³/mol. The zero-order valence-electron chi connectivity index (χ0n) is 20.0. The van der Waals surface area contributed by atoms with E-state index in [0.29, 0.717) is 54.8 Å². The van der Waals surface area contributed by atoms with Gasteiger partial charge in [-0.25, -0.2) is 4.39 Å². The Labute approximate surface area is 208 Å². The predicted octanol–water partition coefficient (Wildman–Crippen LogP) is 4.17. The van der Waals surface area contributed by atoms with Crippen LogP contribution >= 0.6 is 0 Å². The Morgan fingerprint density at radius 3 is 2.89 bits per heavy atom. The summed E-state index contributed by atoms with van der Waals surface area (Å²) >= 11 is 0. The van der Waals surface area contributed by atoms with Crippen molar-refractivity contribution in [3.05, 3.63) is 93.5 Å². The number of aryl methyl sites for hydroxylation is 2. The first-order chi connectivity index (χ1) is 17.4. The molecule has 1 N–H and O–H groups in total. The molecule has 0 saturated carbocycles. The summed E-state index contributed by atoms with van der Waals surface area (Å²) in [4.78, 5) is 44.2. The van der Waals surface area contributed by atoms with Crippen LogP contribution in [0.5, 0.6) is 0 Å². The third kappa shape index (κ3) is 4.58. The van der Waals surface area contributed by atoms with Crippen molar-refractivity contribution < 1.29 is 23.2 Å². The maximum atomic E-state index is 13.8. The molecule has 2 aliphatic rings. The van der Waals surface area contributed by atoms with Gasteiger partial charge in [0.2, 0.25) is 5.91 Å². The second-order valence-electron chi connectivity index (χ2n) is 9.10. The fourth-order valence-electron chi connectivity index (χ4n) is 4.89. The lowest BCUT2D eigenvalue weighted by Crippen LogP contribution is -2.37. The number of carbonyl (C=O) groups is 3. The van der Waals surface area contributed by atoms with Crippen LogP contribution < -0.4 is 5.32 Å². The number of amides is 2. The number of fused-ring (bicyclic) bond motifs is 2. The molecule has 0 spiro atoms. The topological polar surface area (TPSA) is 92.5 Å². The number of Topliss-reactive ketones (excluding diaryl/α,β-unsaturated/α-hetero) is 1. The molecule has 184 valence electrons. The molecule has 7 nitrogen and oxygen atoms in total. The van der Waals surface area contributed by atoms with Crippen molar-refractivity contribution in [2.45, 2.75) is 45.7 Å². The van der Waals surface area contributed by atoms with Gasteiger partial charge in [-0.05, 0) is 48.6 Å². The van der Waals surface area contributed by atoms with E-state index < -0.39 is 5.82 Å². The molecular formula is C28H26FN3O4. The number of benzene rings is 1. The number of nitrogens with one attached hydrogen (secondary N) is 1. The van der Waals surface area contributed by atoms with Crippen LogP contribution in [0.2, 0.25) is 0 Å². The maximum absolute atomic E-state index is 13.8. The van der Waals surface area contributed by atoms with Gasteiger partial charge in [0.15, 0.2) is 5.78 Å². The lowest BCUT2D eigenvalue weighted by molar-refractivity contribution is -0.116. The van der Waals surface area contributed by atoms with Crippen LogP contribution in [0.1, 0.15) is 67.3 Å². The van der Waals surface area contributed by atoms with Crippen molar-refractivity contribution >= 4 is 23.7 Å². The van der Waals surface area contributed by atoms with Crippen molar-refractivity contribution in [1.82, 2.24) is 15.2 Å². The molecule has 1 aliphatic carbocycles. The number of halogens is 1. The van der Waals surface area contributed by atoms with E-state index in [1.165, 1.54) is 24.5 Å². The molecule has 0 unspecified atom stereocenters. The highest BCUT2D eigenvalue weighted by molar-refractivity contribution is 6.09. The third-order valence-electron chi connectivity index (χ3n) is 6.83. The SMILES string of the molecule is Cc1ncc2c(c1CNC(=O)/C=C/c1ccccc1F)CCN(C(=O)c1coc3c1C(=O)CCC3)C2. The number of carbonyl (C=O) groups excluding carboxylic acids is 3. The molecule has 3 aromatic rings. The first kappa shape index (κ1) is 23.7. The number of hydrogen-bond donors (Lipinski definition) is 1. The standard InChI is InChI=1S/C28H26FN3O4/c1-17-21(14-31-26(34)10-9-18-5-2-3-6-23(18)29)20-11-12-32(15-19(20)13-30-17)28(35)22-16-36-25-8-4-7-24(33)27(22)25/h2-3,5-6,9-10,13,16H,4,7-8,11-12,14-15H2,1H3,(H,31,34)/b10-9+. The molecule has 0 fully saturated rings. The van der Waals surface area contributed by atoms with Crippen LogP contribution in [0.25, 0.3) is 6.08 Å². The summed E-state index contributed by atoms with van der Waals surface area (Å²) < 4.78 is 19.3. The Kier molecular flexibility index (Phi) is 6.50. The number of aromatic nitrogens is 1. The number of rotatable bonds is 5. The molecule has 1 aromatic carbocycles. The Morgan fingerprint density at radius 1 is 1.22 bits per heavy atom. The van der Waals surface area contributed by atoms with Gasteiger partial charge in [0.05, 0.1) is 11.1 Å². The van der Waals surface area contributed by atoms with Crippen molar-refractivity contribution in [2.24, 2.45) is 0 Å². The lowest BCUT2D eigenvalue weighted by atomic mass is 9.92. The van der Waals surface area contributed by atoms with E-state index in [9.17, 15) is 18.8 Å². The highest BCUT2D eigenvalue weighted by Gasteiger charge is 2.32. The molecular weight excluding hydrogens is 461 g/mol. The van der Waals surface area contributed by atoms with Crippen molar-refractivity contribution in [1.29, 1.82) is 0 Å². The summed E-state index contributed by atoms with van der Waals surface area (Å²) in [6.07, 6.45) is 8.39. The van der Waals surface area contributed by atoms with E-state index in [2.05, 4.69) is 10.3 Å². The normalized spacial score (nSPS) is 15.1. The summed E-state index contributed by atoms with van der Waals surface area (Å²) in [6, 6.07) is 6.25. The molecule has 2 amide bonds. The van der Waals surface area contributed by atoms with Gasteiger partial charge in [-0.3, -0.25) is 19.4 Å². The second-order valence-corrected chi connectivity index (χ2v) is 9.10. The molecule has 0 saturated heterocycles. The lowest BCUT2D eigenvalue weighted by Gasteiger charge is -2.30. The quantitative estimate of drug-likeness (QED) is 0.546. The van der Waals surface area contributed by atoms with Gasteiger partial charge in [-0.15, -0.1) is 0 Å². The van der Waals surface area contributed by atoms with Crippen LogP contribution in [0, 0.1) is 12.7 Å². The van der Waals surface area contributed by atoms with E-state index in [1.54, 1.807) is 29.3 Å². The summed E-state index contributed by atoms with van der Waals surface area (Å²) in [5.41, 5.74) is 4.82. The van der Waals surface area contributed by atoms with Gasteiger partial charge in [0, 0.05) is 56.0 Å². The van der Waals surface area contributed by atoms with Gasteiger partial charge < -0.3 is 14.6 Å². The molecule has 1 aliphatic heterocycles. The summed E-state index contributed by atoms with van der Waals surface area (Å²) in [5, 5.41) is 2.86. The third-order valence-corrected chi connectivity index (χ3v) is 6.83. The van der Waals surface area contributed by atoms with E-state index >= 15 is 0 Å². The molecule has 0 atom stereocenters. The van der Waals surface area contributed by atoms with Gasteiger partial charge >= 0.3 is 0 Å². The first-order valence-corrected chi connectivity index (χ1v) is 12.0. The van der Waals surface area contributed by atoms with Crippen LogP contribution in [0.15, 0.2) is 47.2 Å². The van der Waals surface area contributed by atoms with Crippen LogP contribution in [-0.2, 0) is 30.7 Å². The molecule has 0 radical (unpaired) electrons. The number of furan rings is 1. The fourth-order valence-corrected chi connectivity index (χ4v) is 4.89. The van der Waals surface area contributed by atoms with Crippen molar-refractivity contribution in [3.63, 3.8) is 0 Å². The molecule has 0 bridgehead atoms. The maximum Gasteiger partial charge on any atom is 0.258 e. The van der Waals surface area contributed by atoms with E-state index in [1.807, 2.05) is 6.92 Å². The average molecular weight is 488 g/mol. The Balaban J connectivity index is 1.29. The minimum atomic E-state index is -0.391. The van der Waals surface area contributed by atoms with Gasteiger partial charge in [-0.2, -0.15) is 0 Å². The zero-order valence-corrected chi connectivity index (χ0v) is 20.0. The zero-order chi connectivity index (χ0) is 25.2. The minimum Gasteiger partial charge on any atom is -0.468 e. The second kappa shape index (κ2) is 9.89. The molecule has 3 heterocycles. The summed E-state index contributed by atoms with van der Waals surface area (Å²) in [6.45, 7) is 3.01. The van der Waals surface area contributed by atoms with Gasteiger partial charge in [0.25, 0.3) is 5.91 Å². The highest BCUT2D eigenvalue weighted by atomic mass is 19.1. The Bertz CT molecular complexity index is 1390. The van der Waals surface area contributed by atoms with E-state index in [4.69, 9.17) is 4.42 Å². The molecule has 36 heavy (non-hydrogen) atoms. The van der Waals surface area contributed by atoms with Gasteiger partial charge in [0.1, 0.15) is 17.8 Å². The minimum absolute atomic E-state index is 0.0369. The van der Waals surface area contributed by atoms with Crippen LogP contribution in [0.3, 0.4) is 0 Å². The smallest absolute Gasteiger partial charge is 0.258 e. The van der Waals surface area contributed by atoms with E-state index in [0.717, 1.165) is 28.8 Å². The fraction of sp³-hybridized carbons (Fsp3) is 0.286. The monoisotopic (exact) mass is 487 g/mol. The summed E-state index contributed by atoms with van der Waals surface area (Å²) in [7, 11) is 0. The van der Waals surface area contributed by atoms with Crippen LogP contribution in [0.4, 0.5) is 4.39 Å². The molecule has 5 rings (SSSR count). The first-order valence-electron chi connectivity index (χ1n) is 12.0.